The number of benzene rings is 4. The summed E-state index contributed by atoms with van der Waals surface area (Å²) < 4.78 is 37.0. The van der Waals surface area contributed by atoms with E-state index in [0.29, 0.717) is 28.5 Å². The molecule has 4 aromatic carbocycles. The van der Waals surface area contributed by atoms with Crippen LogP contribution in [0.3, 0.4) is 0 Å². The van der Waals surface area contributed by atoms with Gasteiger partial charge < -0.3 is 18.2 Å². The topological polar surface area (TPSA) is 69.9 Å². The second kappa shape index (κ2) is 8.33. The average Bonchev–Trinajstić information content (AvgIpc) is 3.17. The highest BCUT2D eigenvalue weighted by atomic mass is 31.2. The zero-order valence-electron chi connectivity index (χ0n) is 17.2. The molecule has 32 heavy (non-hydrogen) atoms. The molecule has 5 rings (SSSR count). The Morgan fingerprint density at radius 2 is 1.31 bits per heavy atom. The van der Waals surface area contributed by atoms with Crippen molar-refractivity contribution in [1.82, 2.24) is 0 Å². The van der Waals surface area contributed by atoms with Crippen molar-refractivity contribution in [2.45, 2.75) is 0 Å². The van der Waals surface area contributed by atoms with E-state index in [1.165, 1.54) is 0 Å². The molecule has 0 aliphatic carbocycles. The fraction of sp³-hybridized carbons (Fsp3) is 0.0400. The highest BCUT2D eigenvalue weighted by molar-refractivity contribution is 7.56. The predicted molar refractivity (Wildman–Crippen MR) is 126 cm³/mol. The summed E-state index contributed by atoms with van der Waals surface area (Å²) in [6.07, 6.45) is 0. The number of para-hydroxylation sites is 3. The second-order valence-corrected chi connectivity index (χ2v) is 8.65. The van der Waals surface area contributed by atoms with Gasteiger partial charge in [0.2, 0.25) is 0 Å². The number of ether oxygens (including phenoxy) is 1. The lowest BCUT2D eigenvalue weighted by molar-refractivity contribution is 0.391. The van der Waals surface area contributed by atoms with E-state index in [0.717, 1.165) is 16.4 Å². The molecular weight excluding hydrogens is 425 g/mol. The summed E-state index contributed by atoms with van der Waals surface area (Å²) in [5, 5.41) is 4.80. The van der Waals surface area contributed by atoms with Gasteiger partial charge in [-0.15, -0.1) is 0 Å². The summed E-state index contributed by atoms with van der Waals surface area (Å²) >= 11 is 0. The van der Waals surface area contributed by atoms with Gasteiger partial charge in [0.15, 0.2) is 0 Å². The molecule has 0 aliphatic heterocycles. The number of methoxy groups -OCH3 is 1. The molecule has 5 aromatic rings. The van der Waals surface area contributed by atoms with Crippen LogP contribution in [0.1, 0.15) is 0 Å². The smallest absolute Gasteiger partial charge is 0.495 e. The van der Waals surface area contributed by atoms with Gasteiger partial charge in [-0.3, -0.25) is 5.09 Å². The van der Waals surface area contributed by atoms with E-state index in [-0.39, 0.29) is 0 Å². The van der Waals surface area contributed by atoms with Crippen LogP contribution in [0, 0.1) is 0 Å². The van der Waals surface area contributed by atoms with E-state index in [9.17, 15) is 4.57 Å². The van der Waals surface area contributed by atoms with Crippen LogP contribution in [0.4, 0.5) is 5.69 Å². The van der Waals surface area contributed by atoms with Crippen LogP contribution in [-0.4, -0.2) is 7.11 Å². The first-order valence-corrected chi connectivity index (χ1v) is 11.5. The van der Waals surface area contributed by atoms with E-state index in [2.05, 4.69) is 5.09 Å². The molecule has 0 spiro atoms. The third-order valence-electron chi connectivity index (χ3n) is 4.89. The number of fused-ring (bicyclic) bond motifs is 3. The Bertz CT molecular complexity index is 1370. The number of furan rings is 1. The lowest BCUT2D eigenvalue weighted by Crippen LogP contribution is -2.10. The van der Waals surface area contributed by atoms with Crippen molar-refractivity contribution in [3.63, 3.8) is 0 Å². The van der Waals surface area contributed by atoms with Crippen LogP contribution >= 0.6 is 7.75 Å². The highest BCUT2D eigenvalue weighted by Gasteiger charge is 2.31. The van der Waals surface area contributed by atoms with Gasteiger partial charge in [-0.1, -0.05) is 54.6 Å². The van der Waals surface area contributed by atoms with Crippen molar-refractivity contribution in [3.8, 4) is 17.2 Å². The molecule has 1 aromatic heterocycles. The van der Waals surface area contributed by atoms with Gasteiger partial charge in [0.25, 0.3) is 0 Å². The van der Waals surface area contributed by atoms with Gasteiger partial charge in [-0.25, -0.2) is 4.57 Å². The van der Waals surface area contributed by atoms with Crippen molar-refractivity contribution in [2.75, 3.05) is 12.2 Å². The monoisotopic (exact) mass is 445 g/mol. The average molecular weight is 445 g/mol. The molecule has 0 unspecified atom stereocenters. The Kier molecular flexibility index (Phi) is 5.21. The molecule has 7 heteroatoms. The molecule has 0 aliphatic rings. The van der Waals surface area contributed by atoms with Crippen LogP contribution in [0.25, 0.3) is 21.9 Å². The summed E-state index contributed by atoms with van der Waals surface area (Å²) in [7, 11) is -2.36. The minimum atomic E-state index is -3.91. The van der Waals surface area contributed by atoms with Gasteiger partial charge in [0, 0.05) is 16.8 Å². The van der Waals surface area contributed by atoms with Crippen molar-refractivity contribution in [3.05, 3.63) is 97.1 Å². The number of anilines is 1. The maximum absolute atomic E-state index is 13.9. The molecule has 0 bridgehead atoms. The van der Waals surface area contributed by atoms with Crippen molar-refractivity contribution in [1.29, 1.82) is 0 Å². The molecule has 0 fully saturated rings. The Morgan fingerprint density at radius 1 is 0.719 bits per heavy atom. The Labute approximate surface area is 184 Å². The lowest BCUT2D eigenvalue weighted by Gasteiger charge is -2.22. The molecule has 1 N–H and O–H groups in total. The summed E-state index contributed by atoms with van der Waals surface area (Å²) in [4.78, 5) is 0. The van der Waals surface area contributed by atoms with E-state index in [4.69, 9.17) is 18.2 Å². The Balaban J connectivity index is 1.57. The summed E-state index contributed by atoms with van der Waals surface area (Å²) in [5.41, 5.74) is 1.81. The van der Waals surface area contributed by atoms with Gasteiger partial charge in [-0.2, -0.15) is 0 Å². The largest absolute Gasteiger partial charge is 0.541 e. The molecule has 0 atom stereocenters. The number of hydrogen-bond acceptors (Lipinski definition) is 5. The lowest BCUT2D eigenvalue weighted by atomic mass is 10.1. The molecule has 0 radical (unpaired) electrons. The molecular formula is C25H20NO5P. The maximum atomic E-state index is 13.9. The standard InChI is InChI=1S/C25H20NO5P/c1-28-25-16-21-20-14-8-9-15-23(20)29-24(21)17-22(25)26-32(27,30-18-10-4-2-5-11-18)31-19-12-6-3-7-13-19/h2-17H,1H3,(H,26,27). The van der Waals surface area contributed by atoms with Gasteiger partial charge in [0.05, 0.1) is 12.8 Å². The first kappa shape index (κ1) is 20.0. The SMILES string of the molecule is COc1cc2c(cc1NP(=O)(Oc1ccccc1)Oc1ccccc1)oc1ccccc12. The molecule has 0 saturated heterocycles. The Hall–Kier alpha value is -3.89. The highest BCUT2D eigenvalue weighted by Crippen LogP contribution is 2.50. The van der Waals surface area contributed by atoms with Gasteiger partial charge in [0.1, 0.15) is 28.4 Å². The van der Waals surface area contributed by atoms with E-state index in [1.54, 1.807) is 61.7 Å². The van der Waals surface area contributed by atoms with Crippen LogP contribution in [0.5, 0.6) is 17.2 Å². The van der Waals surface area contributed by atoms with Crippen LogP contribution in [-0.2, 0) is 4.57 Å². The molecule has 160 valence electrons. The van der Waals surface area contributed by atoms with Crippen LogP contribution in [0.15, 0.2) is 101 Å². The third kappa shape index (κ3) is 4.01. The number of rotatable bonds is 7. The van der Waals surface area contributed by atoms with E-state index in [1.807, 2.05) is 42.5 Å². The fourth-order valence-corrected chi connectivity index (χ4v) is 4.86. The molecule has 0 saturated carbocycles. The van der Waals surface area contributed by atoms with E-state index < -0.39 is 7.75 Å². The summed E-state index contributed by atoms with van der Waals surface area (Å²) in [6, 6.07) is 29.1. The summed E-state index contributed by atoms with van der Waals surface area (Å²) in [5.74, 6) is 1.30. The van der Waals surface area contributed by atoms with Crippen LogP contribution < -0.4 is 18.9 Å². The molecule has 1 heterocycles. The van der Waals surface area contributed by atoms with Crippen molar-refractivity contribution >= 4 is 35.4 Å². The Morgan fingerprint density at radius 3 is 1.94 bits per heavy atom. The predicted octanol–water partition coefficient (Wildman–Crippen LogP) is 7.27. The van der Waals surface area contributed by atoms with Crippen LogP contribution in [0.2, 0.25) is 0 Å². The zero-order valence-corrected chi connectivity index (χ0v) is 18.1. The first-order valence-electron chi connectivity index (χ1n) is 10.0. The first-order chi connectivity index (χ1) is 15.6. The minimum Gasteiger partial charge on any atom is -0.495 e. The second-order valence-electron chi connectivity index (χ2n) is 7.06. The van der Waals surface area contributed by atoms with E-state index >= 15 is 0 Å². The number of nitrogens with one attached hydrogen (secondary N) is 1. The molecule has 0 amide bonds. The minimum absolute atomic E-state index is 0.406. The van der Waals surface area contributed by atoms with Gasteiger partial charge in [-0.05, 0) is 36.4 Å². The third-order valence-corrected chi connectivity index (χ3v) is 6.31. The summed E-state index contributed by atoms with van der Waals surface area (Å²) in [6.45, 7) is 0. The zero-order chi connectivity index (χ0) is 22.0. The van der Waals surface area contributed by atoms with Crippen molar-refractivity contribution < 1.29 is 22.8 Å². The fourth-order valence-electron chi connectivity index (χ4n) is 3.46. The molecule has 6 nitrogen and oxygen atoms in total. The normalized spacial score (nSPS) is 11.4. The quantitative estimate of drug-likeness (QED) is 0.266. The van der Waals surface area contributed by atoms with Gasteiger partial charge >= 0.3 is 7.75 Å². The van der Waals surface area contributed by atoms with Crippen molar-refractivity contribution in [2.24, 2.45) is 0 Å². The maximum Gasteiger partial charge on any atom is 0.541 e. The number of hydrogen-bond donors (Lipinski definition) is 1.